The zero-order valence-electron chi connectivity index (χ0n) is 10.3. The molecule has 2 aromatic rings. The summed E-state index contributed by atoms with van der Waals surface area (Å²) in [6.45, 7) is 1.65. The lowest BCUT2D eigenvalue weighted by molar-refractivity contribution is 0.0695. The lowest BCUT2D eigenvalue weighted by Gasteiger charge is -2.07. The fourth-order valence-electron chi connectivity index (χ4n) is 1.62. The molecule has 0 amide bonds. The molecule has 0 bridgehead atoms. The van der Waals surface area contributed by atoms with Gasteiger partial charge in [0.1, 0.15) is 5.75 Å². The average molecular weight is 323 g/mol. The number of carboxylic acids is 1. The molecule has 0 aliphatic rings. The fraction of sp³-hybridized carbons (Fsp3) is 0.154. The van der Waals surface area contributed by atoms with Gasteiger partial charge in [-0.3, -0.25) is 0 Å². The van der Waals surface area contributed by atoms with Crippen molar-refractivity contribution in [2.45, 2.75) is 6.92 Å². The Morgan fingerprint density at radius 1 is 1.42 bits per heavy atom. The number of aryl methyl sites for hydroxylation is 1. The maximum absolute atomic E-state index is 10.9. The summed E-state index contributed by atoms with van der Waals surface area (Å²) in [5, 5.41) is 8.94. The third-order valence-electron chi connectivity index (χ3n) is 2.62. The normalized spacial score (nSPS) is 10.3. The minimum atomic E-state index is -1.03. The first-order valence-electron chi connectivity index (χ1n) is 5.43. The second-order valence-electron chi connectivity index (χ2n) is 3.85. The number of carbonyl (C=O) groups is 1. The van der Waals surface area contributed by atoms with Gasteiger partial charge in [-0.1, -0.05) is 0 Å². The molecule has 19 heavy (non-hydrogen) atoms. The van der Waals surface area contributed by atoms with Gasteiger partial charge in [0.25, 0.3) is 0 Å². The van der Waals surface area contributed by atoms with Crippen LogP contribution >= 0.6 is 15.9 Å². The Morgan fingerprint density at radius 2 is 2.16 bits per heavy atom. The van der Waals surface area contributed by atoms with Gasteiger partial charge >= 0.3 is 5.97 Å². The standard InChI is InChI=1S/C13H11BrN2O3/c1-7-9(13(17)18)6-15-12(16-7)8-3-4-11(19-2)10(14)5-8/h3-6H,1-2H3,(H,17,18). The molecule has 6 heteroatoms. The van der Waals surface area contributed by atoms with E-state index >= 15 is 0 Å². The van der Waals surface area contributed by atoms with Crippen LogP contribution in [0.3, 0.4) is 0 Å². The van der Waals surface area contributed by atoms with Crippen molar-refractivity contribution in [3.05, 3.63) is 40.1 Å². The largest absolute Gasteiger partial charge is 0.496 e. The highest BCUT2D eigenvalue weighted by Crippen LogP contribution is 2.29. The second-order valence-corrected chi connectivity index (χ2v) is 4.70. The first-order valence-corrected chi connectivity index (χ1v) is 6.23. The van der Waals surface area contributed by atoms with Gasteiger partial charge in [0.15, 0.2) is 5.82 Å². The van der Waals surface area contributed by atoms with E-state index in [1.807, 2.05) is 12.1 Å². The van der Waals surface area contributed by atoms with Crippen LogP contribution in [0, 0.1) is 6.92 Å². The molecule has 2 rings (SSSR count). The van der Waals surface area contributed by atoms with E-state index in [2.05, 4.69) is 25.9 Å². The lowest BCUT2D eigenvalue weighted by Crippen LogP contribution is -2.04. The summed E-state index contributed by atoms with van der Waals surface area (Å²) in [6, 6.07) is 5.44. The summed E-state index contributed by atoms with van der Waals surface area (Å²) in [5.74, 6) is 0.161. The molecule has 0 aliphatic heterocycles. The van der Waals surface area contributed by atoms with Crippen molar-refractivity contribution in [3.8, 4) is 17.1 Å². The quantitative estimate of drug-likeness (QED) is 0.940. The van der Waals surface area contributed by atoms with Gasteiger partial charge in [0.05, 0.1) is 22.8 Å². The molecule has 0 saturated heterocycles. The van der Waals surface area contributed by atoms with Crippen LogP contribution in [0.2, 0.25) is 0 Å². The summed E-state index contributed by atoms with van der Waals surface area (Å²) in [4.78, 5) is 19.2. The minimum Gasteiger partial charge on any atom is -0.496 e. The van der Waals surface area contributed by atoms with Crippen LogP contribution in [-0.2, 0) is 0 Å². The molecule has 1 aromatic heterocycles. The number of aromatic carboxylic acids is 1. The zero-order valence-corrected chi connectivity index (χ0v) is 11.9. The molecule has 1 heterocycles. The molecule has 0 saturated carbocycles. The van der Waals surface area contributed by atoms with E-state index in [-0.39, 0.29) is 5.56 Å². The van der Waals surface area contributed by atoms with Crippen molar-refractivity contribution in [2.24, 2.45) is 0 Å². The number of aromatic nitrogens is 2. The van der Waals surface area contributed by atoms with Gasteiger partial charge in [-0.15, -0.1) is 0 Å². The Balaban J connectivity index is 2.45. The van der Waals surface area contributed by atoms with Crippen LogP contribution in [-0.4, -0.2) is 28.2 Å². The number of benzene rings is 1. The van der Waals surface area contributed by atoms with Crippen LogP contribution < -0.4 is 4.74 Å². The van der Waals surface area contributed by atoms with Crippen LogP contribution in [0.15, 0.2) is 28.9 Å². The molecule has 0 atom stereocenters. The fourth-order valence-corrected chi connectivity index (χ4v) is 2.16. The van der Waals surface area contributed by atoms with E-state index in [4.69, 9.17) is 9.84 Å². The van der Waals surface area contributed by atoms with E-state index in [9.17, 15) is 4.79 Å². The van der Waals surface area contributed by atoms with Crippen LogP contribution in [0.4, 0.5) is 0 Å². The van der Waals surface area contributed by atoms with Gasteiger partial charge in [0, 0.05) is 11.8 Å². The van der Waals surface area contributed by atoms with E-state index < -0.39 is 5.97 Å². The Labute approximate surface area is 118 Å². The van der Waals surface area contributed by atoms with E-state index in [1.165, 1.54) is 6.20 Å². The van der Waals surface area contributed by atoms with Crippen LogP contribution in [0.1, 0.15) is 16.1 Å². The number of halogens is 1. The van der Waals surface area contributed by atoms with Gasteiger partial charge in [-0.05, 0) is 41.1 Å². The Morgan fingerprint density at radius 3 is 2.68 bits per heavy atom. The van der Waals surface area contributed by atoms with E-state index in [1.54, 1.807) is 20.1 Å². The lowest BCUT2D eigenvalue weighted by atomic mass is 10.2. The number of hydrogen-bond acceptors (Lipinski definition) is 4. The predicted molar refractivity (Wildman–Crippen MR) is 73.4 cm³/mol. The molecule has 0 fully saturated rings. The number of nitrogens with zero attached hydrogens (tertiary/aromatic N) is 2. The summed E-state index contributed by atoms with van der Waals surface area (Å²) < 4.78 is 5.93. The van der Waals surface area contributed by atoms with E-state index in [0.29, 0.717) is 17.3 Å². The third kappa shape index (κ3) is 2.73. The first kappa shape index (κ1) is 13.5. The molecule has 0 spiro atoms. The number of ether oxygens (including phenoxy) is 1. The molecular weight excluding hydrogens is 312 g/mol. The average Bonchev–Trinajstić information content (AvgIpc) is 2.38. The molecular formula is C13H11BrN2O3. The van der Waals surface area contributed by atoms with Crippen molar-refractivity contribution in [3.63, 3.8) is 0 Å². The minimum absolute atomic E-state index is 0.108. The maximum atomic E-state index is 10.9. The highest BCUT2D eigenvalue weighted by atomic mass is 79.9. The molecule has 98 valence electrons. The Kier molecular flexibility index (Phi) is 3.80. The van der Waals surface area contributed by atoms with Gasteiger partial charge in [-0.25, -0.2) is 14.8 Å². The predicted octanol–water partition coefficient (Wildman–Crippen LogP) is 2.92. The second kappa shape index (κ2) is 5.36. The van der Waals surface area contributed by atoms with Gasteiger partial charge < -0.3 is 9.84 Å². The number of carboxylic acid groups (broad SMARTS) is 1. The van der Waals surface area contributed by atoms with Gasteiger partial charge in [0.2, 0.25) is 0 Å². The number of methoxy groups -OCH3 is 1. The number of rotatable bonds is 3. The first-order chi connectivity index (χ1) is 9.02. The maximum Gasteiger partial charge on any atom is 0.339 e. The summed E-state index contributed by atoms with van der Waals surface area (Å²) in [7, 11) is 1.59. The summed E-state index contributed by atoms with van der Waals surface area (Å²) >= 11 is 3.39. The van der Waals surface area contributed by atoms with Crippen molar-refractivity contribution in [2.75, 3.05) is 7.11 Å². The molecule has 0 aliphatic carbocycles. The highest BCUT2D eigenvalue weighted by Gasteiger charge is 2.12. The van der Waals surface area contributed by atoms with Gasteiger partial charge in [-0.2, -0.15) is 0 Å². The number of hydrogen-bond donors (Lipinski definition) is 1. The van der Waals surface area contributed by atoms with Crippen molar-refractivity contribution in [1.82, 2.24) is 9.97 Å². The topological polar surface area (TPSA) is 72.3 Å². The van der Waals surface area contributed by atoms with Crippen molar-refractivity contribution < 1.29 is 14.6 Å². The molecule has 1 N–H and O–H groups in total. The molecule has 1 aromatic carbocycles. The zero-order chi connectivity index (χ0) is 14.0. The Hall–Kier alpha value is -1.95. The molecule has 0 radical (unpaired) electrons. The van der Waals surface area contributed by atoms with Crippen LogP contribution in [0.5, 0.6) is 5.75 Å². The van der Waals surface area contributed by atoms with Crippen molar-refractivity contribution >= 4 is 21.9 Å². The smallest absolute Gasteiger partial charge is 0.339 e. The molecule has 5 nitrogen and oxygen atoms in total. The Bertz CT molecular complexity index is 644. The van der Waals surface area contributed by atoms with E-state index in [0.717, 1.165) is 10.0 Å². The summed E-state index contributed by atoms with van der Waals surface area (Å²) in [5.41, 5.74) is 1.33. The molecule has 0 unspecified atom stereocenters. The van der Waals surface area contributed by atoms with Crippen LogP contribution in [0.25, 0.3) is 11.4 Å². The highest BCUT2D eigenvalue weighted by molar-refractivity contribution is 9.10. The van der Waals surface area contributed by atoms with Crippen molar-refractivity contribution in [1.29, 1.82) is 0 Å². The summed E-state index contributed by atoms with van der Waals surface area (Å²) in [6.07, 6.45) is 1.32. The third-order valence-corrected chi connectivity index (χ3v) is 3.24. The monoisotopic (exact) mass is 322 g/mol. The SMILES string of the molecule is COc1ccc(-c2ncc(C(=O)O)c(C)n2)cc1Br.